The van der Waals surface area contributed by atoms with Gasteiger partial charge in [-0.1, -0.05) is 0 Å². The third kappa shape index (κ3) is 3.64. The zero-order valence-electron chi connectivity index (χ0n) is 8.97. The topological polar surface area (TPSA) is 47.6 Å². The molecule has 0 radical (unpaired) electrons. The van der Waals surface area contributed by atoms with Crippen molar-refractivity contribution in [2.75, 3.05) is 33.9 Å². The summed E-state index contributed by atoms with van der Waals surface area (Å²) >= 11 is 0. The number of rotatable bonds is 7. The first-order valence-electron chi connectivity index (χ1n) is 4.99. The first-order valence-corrected chi connectivity index (χ1v) is 4.99. The van der Waals surface area contributed by atoms with Crippen molar-refractivity contribution >= 4 is 5.97 Å². The predicted octanol–water partition coefficient (Wildman–Crippen LogP) is 0.566. The van der Waals surface area contributed by atoms with Crippen LogP contribution < -0.4 is 5.32 Å². The lowest BCUT2D eigenvalue weighted by molar-refractivity contribution is -0.139. The van der Waals surface area contributed by atoms with Gasteiger partial charge in [0.05, 0.1) is 13.7 Å². The van der Waals surface area contributed by atoms with Gasteiger partial charge in [-0.25, -0.2) is 0 Å². The predicted molar refractivity (Wildman–Crippen MR) is 53.0 cm³/mol. The highest BCUT2D eigenvalue weighted by Gasteiger charge is 2.41. The standard InChI is InChI=1S/C10H19NO3/c1-13-6-5-10(3-4-10)8-11-7-9(12)14-2/h11H,3-8H2,1-2H3. The van der Waals surface area contributed by atoms with E-state index in [0.717, 1.165) is 19.6 Å². The summed E-state index contributed by atoms with van der Waals surface area (Å²) in [6.07, 6.45) is 3.56. The molecule has 1 aliphatic carbocycles. The van der Waals surface area contributed by atoms with Gasteiger partial charge in [-0.3, -0.25) is 4.79 Å². The number of carbonyl (C=O) groups is 1. The maximum atomic E-state index is 10.8. The fourth-order valence-electron chi connectivity index (χ4n) is 1.51. The van der Waals surface area contributed by atoms with E-state index in [0.29, 0.717) is 12.0 Å². The van der Waals surface area contributed by atoms with E-state index in [4.69, 9.17) is 4.74 Å². The Labute approximate surface area is 85.0 Å². The van der Waals surface area contributed by atoms with E-state index in [1.54, 1.807) is 7.11 Å². The lowest BCUT2D eigenvalue weighted by atomic mass is 10.0. The fourth-order valence-corrected chi connectivity index (χ4v) is 1.51. The summed E-state index contributed by atoms with van der Waals surface area (Å²) in [6, 6.07) is 0. The third-order valence-corrected chi connectivity index (χ3v) is 2.79. The van der Waals surface area contributed by atoms with Crippen LogP contribution in [0.5, 0.6) is 0 Å². The second-order valence-corrected chi connectivity index (χ2v) is 3.92. The summed E-state index contributed by atoms with van der Waals surface area (Å²) in [5.41, 5.74) is 0.393. The van der Waals surface area contributed by atoms with Crippen molar-refractivity contribution in [1.82, 2.24) is 5.32 Å². The zero-order chi connectivity index (χ0) is 10.4. The molecule has 4 nitrogen and oxygen atoms in total. The highest BCUT2D eigenvalue weighted by atomic mass is 16.5. The monoisotopic (exact) mass is 201 g/mol. The lowest BCUT2D eigenvalue weighted by Gasteiger charge is -2.14. The Morgan fingerprint density at radius 2 is 2.14 bits per heavy atom. The van der Waals surface area contributed by atoms with Crippen LogP contribution in [0.1, 0.15) is 19.3 Å². The van der Waals surface area contributed by atoms with E-state index in [9.17, 15) is 4.79 Å². The quantitative estimate of drug-likeness (QED) is 0.612. The van der Waals surface area contributed by atoms with Crippen molar-refractivity contribution in [3.8, 4) is 0 Å². The second-order valence-electron chi connectivity index (χ2n) is 3.92. The molecule has 1 rings (SSSR count). The van der Waals surface area contributed by atoms with Gasteiger partial charge in [-0.2, -0.15) is 0 Å². The fraction of sp³-hybridized carbons (Fsp3) is 0.900. The maximum absolute atomic E-state index is 10.8. The normalized spacial score (nSPS) is 17.9. The average Bonchev–Trinajstić information content (AvgIpc) is 2.95. The Bertz CT molecular complexity index is 190. The first kappa shape index (κ1) is 11.5. The highest BCUT2D eigenvalue weighted by molar-refractivity contribution is 5.71. The van der Waals surface area contributed by atoms with Crippen LogP contribution in [-0.2, 0) is 14.3 Å². The van der Waals surface area contributed by atoms with Crippen LogP contribution in [0.25, 0.3) is 0 Å². The number of hydrogen-bond donors (Lipinski definition) is 1. The molecule has 0 bridgehead atoms. The minimum absolute atomic E-state index is 0.201. The van der Waals surface area contributed by atoms with Gasteiger partial charge in [0, 0.05) is 20.3 Å². The van der Waals surface area contributed by atoms with Crippen molar-refractivity contribution in [2.45, 2.75) is 19.3 Å². The van der Waals surface area contributed by atoms with Crippen LogP contribution >= 0.6 is 0 Å². The summed E-state index contributed by atoms with van der Waals surface area (Å²) in [5, 5.41) is 3.12. The molecule has 0 aromatic carbocycles. The molecule has 0 aromatic rings. The Hall–Kier alpha value is -0.610. The Morgan fingerprint density at radius 1 is 1.43 bits per heavy atom. The van der Waals surface area contributed by atoms with Crippen molar-refractivity contribution < 1.29 is 14.3 Å². The van der Waals surface area contributed by atoms with Gasteiger partial charge in [0.15, 0.2) is 0 Å². The highest BCUT2D eigenvalue weighted by Crippen LogP contribution is 2.48. The van der Waals surface area contributed by atoms with Crippen molar-refractivity contribution in [2.24, 2.45) is 5.41 Å². The first-order chi connectivity index (χ1) is 6.72. The molecular formula is C10H19NO3. The lowest BCUT2D eigenvalue weighted by Crippen LogP contribution is -2.30. The number of nitrogens with one attached hydrogen (secondary N) is 1. The summed E-state index contributed by atoms with van der Waals surface area (Å²) in [4.78, 5) is 10.8. The van der Waals surface area contributed by atoms with Gasteiger partial charge in [-0.05, 0) is 24.7 Å². The van der Waals surface area contributed by atoms with Gasteiger partial charge < -0.3 is 14.8 Å². The van der Waals surface area contributed by atoms with Crippen LogP contribution in [0, 0.1) is 5.41 Å². The molecule has 0 spiro atoms. The molecule has 14 heavy (non-hydrogen) atoms. The van der Waals surface area contributed by atoms with E-state index in [2.05, 4.69) is 10.1 Å². The molecule has 1 fully saturated rings. The van der Waals surface area contributed by atoms with Crippen LogP contribution in [0.15, 0.2) is 0 Å². The molecule has 0 aromatic heterocycles. The van der Waals surface area contributed by atoms with Gasteiger partial charge in [0.2, 0.25) is 0 Å². The van der Waals surface area contributed by atoms with Gasteiger partial charge in [-0.15, -0.1) is 0 Å². The van der Waals surface area contributed by atoms with Gasteiger partial charge in [0.25, 0.3) is 0 Å². The number of hydrogen-bond acceptors (Lipinski definition) is 4. The van der Waals surface area contributed by atoms with Crippen LogP contribution in [0.2, 0.25) is 0 Å². The summed E-state index contributed by atoms with van der Waals surface area (Å²) in [5.74, 6) is -0.201. The maximum Gasteiger partial charge on any atom is 0.319 e. The minimum Gasteiger partial charge on any atom is -0.468 e. The zero-order valence-corrected chi connectivity index (χ0v) is 8.97. The largest absolute Gasteiger partial charge is 0.468 e. The molecule has 0 unspecified atom stereocenters. The molecule has 0 heterocycles. The Morgan fingerprint density at radius 3 is 2.64 bits per heavy atom. The molecular weight excluding hydrogens is 182 g/mol. The average molecular weight is 201 g/mol. The molecule has 0 aliphatic heterocycles. The number of methoxy groups -OCH3 is 2. The van der Waals surface area contributed by atoms with Crippen LogP contribution in [0.4, 0.5) is 0 Å². The van der Waals surface area contributed by atoms with E-state index in [1.807, 2.05) is 0 Å². The van der Waals surface area contributed by atoms with Crippen LogP contribution in [0.3, 0.4) is 0 Å². The smallest absolute Gasteiger partial charge is 0.319 e. The second kappa shape index (κ2) is 5.32. The Balaban J connectivity index is 2.08. The molecule has 1 aliphatic rings. The summed E-state index contributed by atoms with van der Waals surface area (Å²) < 4.78 is 9.59. The molecule has 0 atom stereocenters. The third-order valence-electron chi connectivity index (χ3n) is 2.79. The van der Waals surface area contributed by atoms with E-state index < -0.39 is 0 Å². The van der Waals surface area contributed by atoms with Crippen molar-refractivity contribution in [3.63, 3.8) is 0 Å². The van der Waals surface area contributed by atoms with Crippen LogP contribution in [-0.4, -0.2) is 39.9 Å². The molecule has 82 valence electrons. The van der Waals surface area contributed by atoms with E-state index in [-0.39, 0.29) is 5.97 Å². The number of ether oxygens (including phenoxy) is 2. The SMILES string of the molecule is COCCC1(CNCC(=O)OC)CC1. The van der Waals surface area contributed by atoms with E-state index in [1.165, 1.54) is 20.0 Å². The molecule has 1 N–H and O–H groups in total. The number of carbonyl (C=O) groups excluding carboxylic acids is 1. The molecule has 4 heteroatoms. The van der Waals surface area contributed by atoms with E-state index >= 15 is 0 Å². The minimum atomic E-state index is -0.201. The molecule has 1 saturated carbocycles. The molecule has 0 saturated heterocycles. The summed E-state index contributed by atoms with van der Waals surface area (Å²) in [7, 11) is 3.12. The molecule has 0 amide bonds. The van der Waals surface area contributed by atoms with Crippen molar-refractivity contribution in [1.29, 1.82) is 0 Å². The summed E-state index contributed by atoms with van der Waals surface area (Å²) in [6.45, 7) is 2.01. The van der Waals surface area contributed by atoms with Gasteiger partial charge >= 0.3 is 5.97 Å². The van der Waals surface area contributed by atoms with Gasteiger partial charge in [0.1, 0.15) is 0 Å². The number of esters is 1. The Kier molecular flexibility index (Phi) is 4.35. The van der Waals surface area contributed by atoms with Crippen molar-refractivity contribution in [3.05, 3.63) is 0 Å².